The second-order valence-corrected chi connectivity index (χ2v) is 8.42. The summed E-state index contributed by atoms with van der Waals surface area (Å²) in [6.07, 6.45) is 7.19. The Kier molecular flexibility index (Phi) is 4.55. The minimum Gasteiger partial charge on any atom is -0.358 e. The van der Waals surface area contributed by atoms with Crippen LogP contribution in [0.2, 0.25) is 5.02 Å². The topological polar surface area (TPSA) is 19.0 Å². The number of halogens is 1. The molecule has 27 heavy (non-hydrogen) atoms. The number of fused-ring (bicyclic) bond motifs is 3. The van der Waals surface area contributed by atoms with Crippen LogP contribution >= 0.6 is 11.6 Å². The Morgan fingerprint density at radius 3 is 2.78 bits per heavy atom. The summed E-state index contributed by atoms with van der Waals surface area (Å²) in [5.41, 5.74) is 7.05. The number of hydrogen-bond donors (Lipinski definition) is 1. The highest BCUT2D eigenvalue weighted by Crippen LogP contribution is 2.34. The summed E-state index contributed by atoms with van der Waals surface area (Å²) in [5.74, 6) is 0.738. The van der Waals surface area contributed by atoms with Gasteiger partial charge in [-0.1, -0.05) is 48.0 Å². The lowest BCUT2D eigenvalue weighted by atomic mass is 9.85. The highest BCUT2D eigenvalue weighted by molar-refractivity contribution is 6.31. The van der Waals surface area contributed by atoms with Gasteiger partial charge < -0.3 is 4.98 Å². The first-order chi connectivity index (χ1) is 13.3. The molecule has 138 valence electrons. The zero-order valence-corrected chi connectivity index (χ0v) is 16.3. The average molecular weight is 377 g/mol. The van der Waals surface area contributed by atoms with E-state index in [1.165, 1.54) is 59.2 Å². The number of benzene rings is 2. The second kappa shape index (κ2) is 7.18. The van der Waals surface area contributed by atoms with Gasteiger partial charge in [0.05, 0.1) is 0 Å². The summed E-state index contributed by atoms with van der Waals surface area (Å²) in [4.78, 5) is 6.24. The van der Waals surface area contributed by atoms with E-state index in [1.807, 2.05) is 6.07 Å². The Balaban J connectivity index is 1.27. The van der Waals surface area contributed by atoms with Gasteiger partial charge in [-0.2, -0.15) is 0 Å². The van der Waals surface area contributed by atoms with Crippen molar-refractivity contribution in [3.63, 3.8) is 0 Å². The molecule has 2 aromatic carbocycles. The zero-order chi connectivity index (χ0) is 18.2. The third-order valence-corrected chi connectivity index (χ3v) is 6.44. The molecule has 0 amide bonds. The fraction of sp³-hybridized carbons (Fsp3) is 0.333. The summed E-state index contributed by atoms with van der Waals surface area (Å²) < 4.78 is 0. The number of hydrogen-bond acceptors (Lipinski definition) is 1. The molecule has 1 aliphatic carbocycles. The third-order valence-electron chi connectivity index (χ3n) is 6.21. The first kappa shape index (κ1) is 17.1. The number of H-pyrrole nitrogens is 1. The molecule has 0 spiro atoms. The normalized spacial score (nSPS) is 20.5. The Morgan fingerprint density at radius 1 is 1.07 bits per heavy atom. The van der Waals surface area contributed by atoms with Gasteiger partial charge in [0.2, 0.25) is 0 Å². The summed E-state index contributed by atoms with van der Waals surface area (Å²) in [6.45, 7) is 3.45. The molecule has 3 aromatic rings. The lowest BCUT2D eigenvalue weighted by Gasteiger charge is -2.32. The standard InChI is InChI=1S/C24H25ClN2/c25-20-7-9-24-22(15-20)21-14-17(6-8-23(21)26-24)16-27-12-10-19(11-13-27)18-4-2-1-3-5-18/h1-5,7,9-10,15,17,26H,6,8,11-14,16H2. The molecule has 0 radical (unpaired) electrons. The largest absolute Gasteiger partial charge is 0.358 e. The van der Waals surface area contributed by atoms with Gasteiger partial charge in [0, 0.05) is 41.3 Å². The number of aryl methyl sites for hydroxylation is 1. The Morgan fingerprint density at radius 2 is 1.96 bits per heavy atom. The average Bonchev–Trinajstić information content (AvgIpc) is 3.06. The van der Waals surface area contributed by atoms with Gasteiger partial charge >= 0.3 is 0 Å². The molecule has 1 N–H and O–H groups in total. The van der Waals surface area contributed by atoms with Gasteiger partial charge in [-0.25, -0.2) is 0 Å². The molecule has 1 aliphatic heterocycles. The molecule has 2 aliphatic rings. The second-order valence-electron chi connectivity index (χ2n) is 7.99. The van der Waals surface area contributed by atoms with Crippen LogP contribution in [0.15, 0.2) is 54.6 Å². The molecular weight excluding hydrogens is 352 g/mol. The van der Waals surface area contributed by atoms with E-state index in [0.29, 0.717) is 0 Å². The lowest BCUT2D eigenvalue weighted by molar-refractivity contribution is 0.238. The van der Waals surface area contributed by atoms with Crippen LogP contribution in [0.5, 0.6) is 0 Å². The maximum Gasteiger partial charge on any atom is 0.0460 e. The molecule has 2 heterocycles. The summed E-state index contributed by atoms with van der Waals surface area (Å²) >= 11 is 6.25. The van der Waals surface area contributed by atoms with Crippen LogP contribution in [0.25, 0.3) is 16.5 Å². The fourth-order valence-electron chi connectivity index (χ4n) is 4.77. The predicted molar refractivity (Wildman–Crippen MR) is 114 cm³/mol. The first-order valence-electron chi connectivity index (χ1n) is 10.0. The minimum atomic E-state index is 0.738. The molecule has 2 nitrogen and oxygen atoms in total. The van der Waals surface area contributed by atoms with E-state index >= 15 is 0 Å². The van der Waals surface area contributed by atoms with E-state index in [4.69, 9.17) is 11.6 Å². The van der Waals surface area contributed by atoms with E-state index in [0.717, 1.165) is 30.3 Å². The maximum atomic E-state index is 6.25. The Hall–Kier alpha value is -2.03. The van der Waals surface area contributed by atoms with Crippen LogP contribution in [-0.4, -0.2) is 29.5 Å². The van der Waals surface area contributed by atoms with Crippen LogP contribution in [0, 0.1) is 5.92 Å². The van der Waals surface area contributed by atoms with Crippen molar-refractivity contribution in [1.29, 1.82) is 0 Å². The molecule has 1 aromatic heterocycles. The molecule has 0 bridgehead atoms. The van der Waals surface area contributed by atoms with Gasteiger partial charge in [0.1, 0.15) is 0 Å². The highest BCUT2D eigenvalue weighted by Gasteiger charge is 2.25. The minimum absolute atomic E-state index is 0.738. The van der Waals surface area contributed by atoms with E-state index in [9.17, 15) is 0 Å². The van der Waals surface area contributed by atoms with Gasteiger partial charge in [-0.05, 0) is 66.5 Å². The molecule has 5 rings (SSSR count). The quantitative estimate of drug-likeness (QED) is 0.619. The van der Waals surface area contributed by atoms with E-state index in [-0.39, 0.29) is 0 Å². The highest BCUT2D eigenvalue weighted by atomic mass is 35.5. The van der Waals surface area contributed by atoms with Crippen LogP contribution in [-0.2, 0) is 12.8 Å². The number of nitrogens with one attached hydrogen (secondary N) is 1. The maximum absolute atomic E-state index is 6.25. The van der Waals surface area contributed by atoms with Crippen LogP contribution in [0.4, 0.5) is 0 Å². The van der Waals surface area contributed by atoms with Crippen molar-refractivity contribution in [3.8, 4) is 0 Å². The van der Waals surface area contributed by atoms with E-state index in [1.54, 1.807) is 0 Å². The van der Waals surface area contributed by atoms with E-state index < -0.39 is 0 Å². The summed E-state index contributed by atoms with van der Waals surface area (Å²) in [7, 11) is 0. The van der Waals surface area contributed by atoms with Crippen molar-refractivity contribution < 1.29 is 0 Å². The van der Waals surface area contributed by atoms with Crippen molar-refractivity contribution in [3.05, 3.63) is 76.5 Å². The van der Waals surface area contributed by atoms with Gasteiger partial charge in [-0.3, -0.25) is 4.90 Å². The Labute approximate surface area is 165 Å². The number of aromatic amines is 1. The molecule has 1 atom stereocenters. The molecular formula is C24H25ClN2. The first-order valence-corrected chi connectivity index (χ1v) is 10.4. The van der Waals surface area contributed by atoms with Gasteiger partial charge in [-0.15, -0.1) is 0 Å². The number of nitrogens with zero attached hydrogens (tertiary/aromatic N) is 1. The zero-order valence-electron chi connectivity index (χ0n) is 15.5. The number of rotatable bonds is 3. The number of aromatic nitrogens is 1. The molecule has 0 saturated heterocycles. The SMILES string of the molecule is Clc1ccc2[nH]c3c(c2c1)CC(CN1CC=C(c2ccccc2)CC1)CC3. The fourth-order valence-corrected chi connectivity index (χ4v) is 4.95. The van der Waals surface area contributed by atoms with Crippen LogP contribution < -0.4 is 0 Å². The van der Waals surface area contributed by atoms with Crippen LogP contribution in [0.1, 0.15) is 29.7 Å². The molecule has 3 heteroatoms. The van der Waals surface area contributed by atoms with Crippen molar-refractivity contribution >= 4 is 28.1 Å². The van der Waals surface area contributed by atoms with Crippen molar-refractivity contribution in [1.82, 2.24) is 9.88 Å². The van der Waals surface area contributed by atoms with Gasteiger partial charge in [0.25, 0.3) is 0 Å². The van der Waals surface area contributed by atoms with Crippen LogP contribution in [0.3, 0.4) is 0 Å². The molecule has 1 unspecified atom stereocenters. The Bertz CT molecular complexity index is 986. The van der Waals surface area contributed by atoms with Crippen molar-refractivity contribution in [2.24, 2.45) is 5.92 Å². The van der Waals surface area contributed by atoms with Gasteiger partial charge in [0.15, 0.2) is 0 Å². The lowest BCUT2D eigenvalue weighted by Crippen LogP contribution is -2.35. The smallest absolute Gasteiger partial charge is 0.0460 e. The van der Waals surface area contributed by atoms with Crippen molar-refractivity contribution in [2.45, 2.75) is 25.7 Å². The molecule has 0 saturated carbocycles. The summed E-state index contributed by atoms with van der Waals surface area (Å²) in [5, 5.41) is 2.16. The van der Waals surface area contributed by atoms with Crippen molar-refractivity contribution in [2.75, 3.05) is 19.6 Å². The monoisotopic (exact) mass is 376 g/mol. The predicted octanol–water partition coefficient (Wildman–Crippen LogP) is 5.72. The molecule has 0 fully saturated rings. The summed E-state index contributed by atoms with van der Waals surface area (Å²) in [6, 6.07) is 17.0. The third kappa shape index (κ3) is 3.44. The van der Waals surface area contributed by atoms with E-state index in [2.05, 4.69) is 58.4 Å².